The Bertz CT molecular complexity index is 1560. The average Bonchev–Trinajstić information content (AvgIpc) is 3.43. The number of carbonyl (C=O) groups is 3. The van der Waals surface area contributed by atoms with Gasteiger partial charge >= 0.3 is 17.9 Å². The van der Waals surface area contributed by atoms with E-state index in [9.17, 15) is 14.4 Å². The van der Waals surface area contributed by atoms with Crippen LogP contribution in [0.25, 0.3) is 0 Å². The van der Waals surface area contributed by atoms with Crippen molar-refractivity contribution in [1.29, 1.82) is 0 Å². The standard InChI is InChI=1S/C71H120O6/c1-4-7-10-13-16-19-22-25-27-29-31-33-34-35-36-38-39-41-43-46-49-52-55-58-61-64-70(73)76-67-68(66-75-69(72)63-60-57-54-51-48-45-24-21-18-15-12-9-6-3)77-71(74)65-62-59-56-53-50-47-44-42-40-37-32-30-28-26-23-20-17-14-11-8-5-2/h7,9-10,12,16,18-19,21,23,25-27,30-33,45,48,68H,4-6,8,11,13-15,17,20,22,24,28-29,34-44,46-47,49-67H2,1-3H3/b10-7-,12-9-,19-16-,21-18-,26-23-,27-25-,32-30-,33-31-,48-45-. The molecule has 0 bridgehead atoms. The first kappa shape index (κ1) is 73.1. The molecule has 77 heavy (non-hydrogen) atoms. The van der Waals surface area contributed by atoms with Gasteiger partial charge in [0.2, 0.25) is 0 Å². The molecule has 0 spiro atoms. The highest BCUT2D eigenvalue weighted by molar-refractivity contribution is 5.71. The molecule has 440 valence electrons. The minimum atomic E-state index is -0.796. The number of unbranched alkanes of at least 4 members (excludes halogenated alkanes) is 29. The van der Waals surface area contributed by atoms with Crippen molar-refractivity contribution in [1.82, 2.24) is 0 Å². The van der Waals surface area contributed by atoms with E-state index in [1.54, 1.807) is 0 Å². The summed E-state index contributed by atoms with van der Waals surface area (Å²) in [5, 5.41) is 0. The van der Waals surface area contributed by atoms with Crippen molar-refractivity contribution < 1.29 is 28.6 Å². The molecule has 0 aliphatic carbocycles. The average molecular weight is 1070 g/mol. The van der Waals surface area contributed by atoms with Crippen molar-refractivity contribution in [3.05, 3.63) is 109 Å². The summed E-state index contributed by atoms with van der Waals surface area (Å²) in [6, 6.07) is 0. The molecule has 0 rings (SSSR count). The van der Waals surface area contributed by atoms with Crippen molar-refractivity contribution in [3.8, 4) is 0 Å². The normalized spacial score (nSPS) is 12.8. The van der Waals surface area contributed by atoms with Crippen LogP contribution in [0.2, 0.25) is 0 Å². The SMILES string of the molecule is CC/C=C\C/C=C\C/C=C\C/C=C\CCCCCCCCCCCCCCC(=O)OCC(COC(=O)CCCCC/C=C\C/C=C\C/C=C\CC)OC(=O)CCCCCCCCCCC/C=C\C/C=C\CCCCCCC. The zero-order valence-electron chi connectivity index (χ0n) is 50.4. The van der Waals surface area contributed by atoms with Crippen molar-refractivity contribution in [2.24, 2.45) is 0 Å². The zero-order valence-corrected chi connectivity index (χ0v) is 50.4. The van der Waals surface area contributed by atoms with Gasteiger partial charge in [-0.25, -0.2) is 0 Å². The fourth-order valence-electron chi connectivity index (χ4n) is 8.95. The summed E-state index contributed by atoms with van der Waals surface area (Å²) in [7, 11) is 0. The lowest BCUT2D eigenvalue weighted by Crippen LogP contribution is -2.30. The highest BCUT2D eigenvalue weighted by Crippen LogP contribution is 2.16. The third-order valence-corrected chi connectivity index (χ3v) is 13.7. The molecule has 0 aliphatic rings. The van der Waals surface area contributed by atoms with E-state index in [-0.39, 0.29) is 31.1 Å². The number of carbonyl (C=O) groups excluding carboxylic acids is 3. The number of allylic oxidation sites excluding steroid dienone is 18. The molecule has 0 aromatic carbocycles. The van der Waals surface area contributed by atoms with Gasteiger partial charge in [0.1, 0.15) is 13.2 Å². The molecule has 6 nitrogen and oxygen atoms in total. The van der Waals surface area contributed by atoms with Gasteiger partial charge in [-0.1, -0.05) is 271 Å². The molecular weight excluding hydrogens is 949 g/mol. The van der Waals surface area contributed by atoms with E-state index in [0.717, 1.165) is 116 Å². The molecule has 0 aliphatic heterocycles. The summed E-state index contributed by atoms with van der Waals surface area (Å²) in [5.41, 5.74) is 0. The highest BCUT2D eigenvalue weighted by Gasteiger charge is 2.19. The molecule has 0 fully saturated rings. The van der Waals surface area contributed by atoms with Gasteiger partial charge in [0, 0.05) is 19.3 Å². The minimum Gasteiger partial charge on any atom is -0.462 e. The van der Waals surface area contributed by atoms with Gasteiger partial charge in [-0.05, 0) is 122 Å². The predicted octanol–water partition coefficient (Wildman–Crippen LogP) is 22.2. The van der Waals surface area contributed by atoms with Crippen LogP contribution in [0.15, 0.2) is 109 Å². The van der Waals surface area contributed by atoms with Gasteiger partial charge in [0.15, 0.2) is 6.10 Å². The van der Waals surface area contributed by atoms with E-state index >= 15 is 0 Å². The second-order valence-electron chi connectivity index (χ2n) is 21.3. The number of hydrogen-bond donors (Lipinski definition) is 0. The monoisotopic (exact) mass is 1070 g/mol. The molecule has 0 saturated heterocycles. The van der Waals surface area contributed by atoms with E-state index in [1.807, 2.05) is 0 Å². The zero-order chi connectivity index (χ0) is 55.7. The van der Waals surface area contributed by atoms with Gasteiger partial charge in [0.05, 0.1) is 0 Å². The maximum Gasteiger partial charge on any atom is 0.306 e. The largest absolute Gasteiger partial charge is 0.462 e. The van der Waals surface area contributed by atoms with Crippen molar-refractivity contribution >= 4 is 17.9 Å². The van der Waals surface area contributed by atoms with Crippen LogP contribution >= 0.6 is 0 Å². The summed E-state index contributed by atoms with van der Waals surface area (Å²) in [5.74, 6) is -0.919. The van der Waals surface area contributed by atoms with E-state index in [4.69, 9.17) is 14.2 Å². The summed E-state index contributed by atoms with van der Waals surface area (Å²) >= 11 is 0. The van der Waals surface area contributed by atoms with Gasteiger partial charge in [-0.2, -0.15) is 0 Å². The molecule has 0 aromatic rings. The Morgan fingerprint density at radius 3 is 0.805 bits per heavy atom. The lowest BCUT2D eigenvalue weighted by atomic mass is 10.0. The van der Waals surface area contributed by atoms with Crippen LogP contribution < -0.4 is 0 Å². The van der Waals surface area contributed by atoms with E-state index in [2.05, 4.69) is 130 Å². The second-order valence-corrected chi connectivity index (χ2v) is 21.3. The first-order chi connectivity index (χ1) is 38.0. The Hall–Kier alpha value is -3.93. The van der Waals surface area contributed by atoms with Crippen LogP contribution in [0.4, 0.5) is 0 Å². The maximum absolute atomic E-state index is 12.9. The number of ether oxygens (including phenoxy) is 3. The van der Waals surface area contributed by atoms with Crippen LogP contribution in [0.1, 0.15) is 303 Å². The van der Waals surface area contributed by atoms with Crippen LogP contribution in [0.5, 0.6) is 0 Å². The Morgan fingerprint density at radius 1 is 0.273 bits per heavy atom. The number of rotatable bonds is 58. The Kier molecular flexibility index (Phi) is 61.3. The third kappa shape index (κ3) is 62.8. The van der Waals surface area contributed by atoms with Gasteiger partial charge in [-0.3, -0.25) is 14.4 Å². The Labute approximate surface area is 476 Å². The molecule has 0 radical (unpaired) electrons. The second kappa shape index (κ2) is 64.6. The van der Waals surface area contributed by atoms with Crippen LogP contribution in [-0.4, -0.2) is 37.2 Å². The summed E-state index contributed by atoms with van der Waals surface area (Å²) in [6.07, 6.45) is 88.1. The molecular formula is C71H120O6. The van der Waals surface area contributed by atoms with Gasteiger partial charge in [-0.15, -0.1) is 0 Å². The summed E-state index contributed by atoms with van der Waals surface area (Å²) in [6.45, 7) is 6.40. The number of hydrogen-bond acceptors (Lipinski definition) is 6. The molecule has 1 atom stereocenters. The van der Waals surface area contributed by atoms with Gasteiger partial charge < -0.3 is 14.2 Å². The van der Waals surface area contributed by atoms with E-state index < -0.39 is 6.10 Å². The first-order valence-electron chi connectivity index (χ1n) is 32.4. The van der Waals surface area contributed by atoms with Crippen molar-refractivity contribution in [3.63, 3.8) is 0 Å². The van der Waals surface area contributed by atoms with Crippen LogP contribution in [0, 0.1) is 0 Å². The fraction of sp³-hybridized carbons (Fsp3) is 0.704. The number of esters is 3. The quantitative estimate of drug-likeness (QED) is 0.0261. The highest BCUT2D eigenvalue weighted by atomic mass is 16.6. The third-order valence-electron chi connectivity index (χ3n) is 13.7. The smallest absolute Gasteiger partial charge is 0.306 e. The molecule has 1 unspecified atom stereocenters. The lowest BCUT2D eigenvalue weighted by Gasteiger charge is -2.18. The molecule has 0 heterocycles. The first-order valence-corrected chi connectivity index (χ1v) is 32.4. The minimum absolute atomic E-state index is 0.0902. The van der Waals surface area contributed by atoms with Crippen molar-refractivity contribution in [2.45, 2.75) is 309 Å². The van der Waals surface area contributed by atoms with Crippen molar-refractivity contribution in [2.75, 3.05) is 13.2 Å². The summed E-state index contributed by atoms with van der Waals surface area (Å²) < 4.78 is 16.9. The topological polar surface area (TPSA) is 78.9 Å². The predicted molar refractivity (Wildman–Crippen MR) is 334 cm³/mol. The molecule has 0 saturated carbocycles. The Balaban J connectivity index is 4.34. The van der Waals surface area contributed by atoms with E-state index in [0.29, 0.717) is 19.3 Å². The molecule has 0 N–H and O–H groups in total. The van der Waals surface area contributed by atoms with Gasteiger partial charge in [0.25, 0.3) is 0 Å². The fourth-order valence-corrected chi connectivity index (χ4v) is 8.95. The maximum atomic E-state index is 12.9. The molecule has 0 amide bonds. The Morgan fingerprint density at radius 2 is 0.506 bits per heavy atom. The molecule has 0 aromatic heterocycles. The van der Waals surface area contributed by atoms with Crippen LogP contribution in [-0.2, 0) is 28.6 Å². The van der Waals surface area contributed by atoms with E-state index in [1.165, 1.54) is 148 Å². The summed E-state index contributed by atoms with van der Waals surface area (Å²) in [4.78, 5) is 38.3. The van der Waals surface area contributed by atoms with Crippen LogP contribution in [0.3, 0.4) is 0 Å². The molecule has 6 heteroatoms. The lowest BCUT2D eigenvalue weighted by molar-refractivity contribution is -0.167.